The Labute approximate surface area is 171 Å². The summed E-state index contributed by atoms with van der Waals surface area (Å²) < 4.78 is 26.2. The van der Waals surface area contributed by atoms with E-state index in [1.165, 1.54) is 18.1 Å². The zero-order valence-corrected chi connectivity index (χ0v) is 16.4. The van der Waals surface area contributed by atoms with Gasteiger partial charge in [0.15, 0.2) is 0 Å². The normalized spacial score (nSPS) is 19.2. The maximum absolute atomic E-state index is 15.8. The molecule has 2 aromatic heterocycles. The lowest BCUT2D eigenvalue weighted by molar-refractivity contribution is 0.0151. The number of aromatic nitrogens is 3. The number of carbonyl (C=O) groups excluding carboxylic acids is 1. The van der Waals surface area contributed by atoms with E-state index in [4.69, 9.17) is 20.9 Å². The quantitative estimate of drug-likeness (QED) is 0.641. The molecule has 1 fully saturated rings. The summed E-state index contributed by atoms with van der Waals surface area (Å²) in [6.07, 6.45) is 3.82. The molecule has 7 nitrogen and oxygen atoms in total. The fraction of sp³-hybridized carbons (Fsp3) is 0.300. The van der Waals surface area contributed by atoms with E-state index >= 15 is 4.39 Å². The van der Waals surface area contributed by atoms with Crippen LogP contribution in [0.1, 0.15) is 29.1 Å². The minimum absolute atomic E-state index is 0.146. The smallest absolute Gasteiger partial charge is 0.266 e. The van der Waals surface area contributed by atoms with Gasteiger partial charge in [-0.15, -0.1) is 0 Å². The summed E-state index contributed by atoms with van der Waals surface area (Å²) in [6.45, 7) is 0.208. The van der Waals surface area contributed by atoms with Crippen molar-refractivity contribution in [1.29, 1.82) is 0 Å². The number of nitrogens with zero attached hydrogens (tertiary/aromatic N) is 4. The van der Waals surface area contributed by atoms with Crippen molar-refractivity contribution in [3.05, 3.63) is 59.2 Å². The summed E-state index contributed by atoms with van der Waals surface area (Å²) in [5.74, 6) is 0.126. The third-order valence-corrected chi connectivity index (χ3v) is 5.09. The standard InChI is InChI=1S/C20H18ClFN4O3/c1-28-16-6-5-14(21)10-15(16)18(27)26-9-3-7-20(22,12-26)19-24-17(25-29-19)13-4-2-8-23-11-13/h2,4-6,8,10-11H,3,7,9,12H2,1H3. The number of piperidine rings is 1. The van der Waals surface area contributed by atoms with Gasteiger partial charge in [-0.3, -0.25) is 9.78 Å². The Hall–Kier alpha value is -3.00. The van der Waals surface area contributed by atoms with Gasteiger partial charge in [0.05, 0.1) is 19.2 Å². The third-order valence-electron chi connectivity index (χ3n) is 4.85. The van der Waals surface area contributed by atoms with Crippen molar-refractivity contribution in [3.63, 3.8) is 0 Å². The Kier molecular flexibility index (Phi) is 5.19. The van der Waals surface area contributed by atoms with Crippen LogP contribution in [0.2, 0.25) is 5.02 Å². The monoisotopic (exact) mass is 416 g/mol. The van der Waals surface area contributed by atoms with Crippen LogP contribution >= 0.6 is 11.6 Å². The maximum Gasteiger partial charge on any atom is 0.266 e. The maximum atomic E-state index is 15.8. The van der Waals surface area contributed by atoms with Gasteiger partial charge in [-0.05, 0) is 43.2 Å². The minimum Gasteiger partial charge on any atom is -0.496 e. The first-order valence-corrected chi connectivity index (χ1v) is 9.44. The van der Waals surface area contributed by atoms with Crippen LogP contribution in [-0.2, 0) is 5.67 Å². The Bertz CT molecular complexity index is 1030. The minimum atomic E-state index is -1.94. The molecule has 3 heterocycles. The van der Waals surface area contributed by atoms with Crippen molar-refractivity contribution in [2.24, 2.45) is 0 Å². The average Bonchev–Trinajstić information content (AvgIpc) is 3.25. The first-order valence-electron chi connectivity index (χ1n) is 9.06. The number of hydrogen-bond acceptors (Lipinski definition) is 6. The lowest BCUT2D eigenvalue weighted by atomic mass is 9.94. The van der Waals surface area contributed by atoms with Crippen molar-refractivity contribution >= 4 is 17.5 Å². The molecule has 4 rings (SSSR count). The predicted octanol–water partition coefficient (Wildman–Crippen LogP) is 3.89. The first-order chi connectivity index (χ1) is 14.0. The zero-order valence-electron chi connectivity index (χ0n) is 15.6. The lowest BCUT2D eigenvalue weighted by Crippen LogP contribution is -2.46. The molecular formula is C20H18ClFN4O3. The number of benzene rings is 1. The van der Waals surface area contributed by atoms with Crippen LogP contribution in [0.5, 0.6) is 5.75 Å². The van der Waals surface area contributed by atoms with Gasteiger partial charge in [-0.2, -0.15) is 4.98 Å². The number of amides is 1. The summed E-state index contributed by atoms with van der Waals surface area (Å²) in [5.41, 5.74) is -1.03. The highest BCUT2D eigenvalue weighted by molar-refractivity contribution is 6.31. The summed E-state index contributed by atoms with van der Waals surface area (Å²) >= 11 is 6.03. The highest BCUT2D eigenvalue weighted by Gasteiger charge is 2.44. The number of rotatable bonds is 4. The molecule has 0 saturated carbocycles. The van der Waals surface area contributed by atoms with Gasteiger partial charge in [0.25, 0.3) is 11.8 Å². The van der Waals surface area contributed by atoms with Gasteiger partial charge in [0, 0.05) is 29.5 Å². The first kappa shape index (κ1) is 19.3. The molecule has 1 amide bonds. The van der Waals surface area contributed by atoms with Crippen molar-refractivity contribution in [2.75, 3.05) is 20.2 Å². The molecular weight excluding hydrogens is 399 g/mol. The van der Waals surface area contributed by atoms with E-state index in [2.05, 4.69) is 15.1 Å². The molecule has 29 heavy (non-hydrogen) atoms. The molecule has 1 aliphatic rings. The van der Waals surface area contributed by atoms with Crippen molar-refractivity contribution in [3.8, 4) is 17.1 Å². The Balaban J connectivity index is 1.59. The number of likely N-dealkylation sites (tertiary alicyclic amines) is 1. The number of methoxy groups -OCH3 is 1. The molecule has 0 N–H and O–H groups in total. The fourth-order valence-electron chi connectivity index (χ4n) is 3.39. The van der Waals surface area contributed by atoms with Gasteiger partial charge >= 0.3 is 0 Å². The van der Waals surface area contributed by atoms with Crippen molar-refractivity contribution in [1.82, 2.24) is 20.0 Å². The lowest BCUT2D eigenvalue weighted by Gasteiger charge is -2.35. The third kappa shape index (κ3) is 3.80. The van der Waals surface area contributed by atoms with Crippen LogP contribution in [0.15, 0.2) is 47.2 Å². The van der Waals surface area contributed by atoms with E-state index in [-0.39, 0.29) is 36.2 Å². The summed E-state index contributed by atoms with van der Waals surface area (Å²) in [6, 6.07) is 8.25. The van der Waals surface area contributed by atoms with E-state index in [1.54, 1.807) is 36.7 Å². The second kappa shape index (κ2) is 7.79. The van der Waals surface area contributed by atoms with E-state index in [9.17, 15) is 4.79 Å². The van der Waals surface area contributed by atoms with Gasteiger partial charge < -0.3 is 14.2 Å². The average molecular weight is 417 g/mol. The van der Waals surface area contributed by atoms with E-state index in [0.29, 0.717) is 29.3 Å². The molecule has 3 aromatic rings. The zero-order chi connectivity index (χ0) is 20.4. The number of carbonyl (C=O) groups is 1. The SMILES string of the molecule is COc1ccc(Cl)cc1C(=O)N1CCCC(F)(c2nc(-c3cccnc3)no2)C1. The largest absolute Gasteiger partial charge is 0.496 e. The molecule has 1 aromatic carbocycles. The number of alkyl halides is 1. The van der Waals surface area contributed by atoms with Crippen LogP contribution in [-0.4, -0.2) is 46.1 Å². The van der Waals surface area contributed by atoms with Crippen LogP contribution < -0.4 is 4.74 Å². The second-order valence-electron chi connectivity index (χ2n) is 6.81. The van der Waals surface area contributed by atoms with Crippen LogP contribution in [0.3, 0.4) is 0 Å². The molecule has 150 valence electrons. The topological polar surface area (TPSA) is 81.4 Å². The van der Waals surface area contributed by atoms with Crippen LogP contribution in [0, 0.1) is 0 Å². The van der Waals surface area contributed by atoms with Gasteiger partial charge in [0.1, 0.15) is 5.75 Å². The molecule has 9 heteroatoms. The number of pyridine rings is 1. The summed E-state index contributed by atoms with van der Waals surface area (Å²) in [4.78, 5) is 22.7. The number of halogens is 2. The van der Waals surface area contributed by atoms with Gasteiger partial charge in [-0.1, -0.05) is 16.8 Å². The van der Waals surface area contributed by atoms with Gasteiger partial charge in [0.2, 0.25) is 11.5 Å². The van der Waals surface area contributed by atoms with Crippen molar-refractivity contribution in [2.45, 2.75) is 18.5 Å². The molecule has 1 unspecified atom stereocenters. The molecule has 0 radical (unpaired) electrons. The Morgan fingerprint density at radius 3 is 3.00 bits per heavy atom. The van der Waals surface area contributed by atoms with E-state index in [1.807, 2.05) is 0 Å². The van der Waals surface area contributed by atoms with Crippen LogP contribution in [0.25, 0.3) is 11.4 Å². The van der Waals surface area contributed by atoms with E-state index < -0.39 is 5.67 Å². The second-order valence-corrected chi connectivity index (χ2v) is 7.24. The summed E-state index contributed by atoms with van der Waals surface area (Å²) in [5, 5.41) is 4.27. The molecule has 0 spiro atoms. The van der Waals surface area contributed by atoms with Crippen molar-refractivity contribution < 1.29 is 18.4 Å². The van der Waals surface area contributed by atoms with E-state index in [0.717, 1.165) is 0 Å². The number of hydrogen-bond donors (Lipinski definition) is 0. The fourth-order valence-corrected chi connectivity index (χ4v) is 3.57. The molecule has 1 atom stereocenters. The van der Waals surface area contributed by atoms with Crippen LogP contribution in [0.4, 0.5) is 4.39 Å². The van der Waals surface area contributed by atoms with Gasteiger partial charge in [-0.25, -0.2) is 4.39 Å². The highest BCUT2D eigenvalue weighted by atomic mass is 35.5. The molecule has 1 saturated heterocycles. The molecule has 0 aliphatic carbocycles. The Morgan fingerprint density at radius 2 is 2.24 bits per heavy atom. The predicted molar refractivity (Wildman–Crippen MR) is 103 cm³/mol. The summed E-state index contributed by atoms with van der Waals surface area (Å²) in [7, 11) is 1.47. The highest BCUT2D eigenvalue weighted by Crippen LogP contribution is 2.36. The Morgan fingerprint density at radius 1 is 1.38 bits per heavy atom. The molecule has 0 bridgehead atoms. The number of ether oxygens (including phenoxy) is 1. The molecule has 1 aliphatic heterocycles.